The number of benzene rings is 1. The van der Waals surface area contributed by atoms with Gasteiger partial charge in [-0.3, -0.25) is 4.79 Å². The molecule has 2 heterocycles. The molecule has 0 radical (unpaired) electrons. The molecule has 5 nitrogen and oxygen atoms in total. The summed E-state index contributed by atoms with van der Waals surface area (Å²) in [6.07, 6.45) is 0. The molecule has 1 amide bonds. The third kappa shape index (κ3) is 3.11. The second-order valence-electron chi connectivity index (χ2n) is 4.96. The molecule has 0 saturated carbocycles. The number of aromatic nitrogens is 1. The monoisotopic (exact) mass is 346 g/mol. The van der Waals surface area contributed by atoms with Gasteiger partial charge in [0.1, 0.15) is 9.75 Å². The maximum absolute atomic E-state index is 12.3. The summed E-state index contributed by atoms with van der Waals surface area (Å²) in [6.45, 7) is 3.70. The van der Waals surface area contributed by atoms with E-state index >= 15 is 0 Å². The molecule has 0 unspecified atom stereocenters. The average Bonchev–Trinajstić information content (AvgIpc) is 3.08. The number of nitrogens with zero attached hydrogens (tertiary/aromatic N) is 1. The highest BCUT2D eigenvalue weighted by Gasteiger charge is 2.15. The van der Waals surface area contributed by atoms with Crippen LogP contribution < -0.4 is 5.32 Å². The molecular weight excluding hydrogens is 332 g/mol. The molecule has 2 aromatic heterocycles. The Kier molecular flexibility index (Phi) is 4.14. The van der Waals surface area contributed by atoms with Gasteiger partial charge in [0.05, 0.1) is 17.8 Å². The Morgan fingerprint density at radius 2 is 1.96 bits per heavy atom. The molecular formula is C16H14N2O3S2. The number of carbonyl (C=O) groups excluding carboxylic acids is 2. The van der Waals surface area contributed by atoms with Crippen LogP contribution >= 0.6 is 22.7 Å². The van der Waals surface area contributed by atoms with E-state index in [4.69, 9.17) is 4.74 Å². The van der Waals surface area contributed by atoms with E-state index in [2.05, 4.69) is 10.3 Å². The van der Waals surface area contributed by atoms with Crippen LogP contribution in [0.2, 0.25) is 0 Å². The lowest BCUT2D eigenvalue weighted by molar-refractivity contribution is 0.0606. The molecule has 118 valence electrons. The van der Waals surface area contributed by atoms with E-state index in [-0.39, 0.29) is 11.9 Å². The Balaban J connectivity index is 1.87. The lowest BCUT2D eigenvalue weighted by atomic mass is 10.2. The first kappa shape index (κ1) is 15.6. The maximum Gasteiger partial charge on any atom is 0.348 e. The van der Waals surface area contributed by atoms with E-state index in [1.807, 2.05) is 32.0 Å². The zero-order chi connectivity index (χ0) is 16.6. The zero-order valence-electron chi connectivity index (χ0n) is 12.8. The fourth-order valence-corrected chi connectivity index (χ4v) is 4.03. The molecule has 0 saturated heterocycles. The fraction of sp³-hybridized carbons (Fsp3) is 0.188. The van der Waals surface area contributed by atoms with Crippen LogP contribution in [0.4, 0.5) is 5.69 Å². The Morgan fingerprint density at radius 3 is 2.61 bits per heavy atom. The molecule has 1 N–H and O–H groups in total. The molecule has 0 aliphatic heterocycles. The molecule has 3 aromatic rings. The molecule has 0 bridgehead atoms. The summed E-state index contributed by atoms with van der Waals surface area (Å²) in [7, 11) is 1.36. The van der Waals surface area contributed by atoms with Gasteiger partial charge in [-0.25, -0.2) is 9.78 Å². The van der Waals surface area contributed by atoms with E-state index in [9.17, 15) is 9.59 Å². The standard InChI is InChI=1S/C16H14N2O3S2/c1-8-14(22-9(2)17-8)15(19)18-11-4-5-12-10(6-11)7-13(23-12)16(20)21-3/h4-7H,1-3H3,(H,18,19). The van der Waals surface area contributed by atoms with Crippen LogP contribution in [-0.2, 0) is 4.74 Å². The van der Waals surface area contributed by atoms with E-state index in [1.165, 1.54) is 29.8 Å². The number of aryl methyl sites for hydroxylation is 2. The summed E-state index contributed by atoms with van der Waals surface area (Å²) in [5.41, 5.74) is 1.41. The van der Waals surface area contributed by atoms with E-state index < -0.39 is 0 Å². The van der Waals surface area contributed by atoms with Crippen molar-refractivity contribution in [2.24, 2.45) is 0 Å². The van der Waals surface area contributed by atoms with Crippen LogP contribution in [0.3, 0.4) is 0 Å². The number of nitrogens with one attached hydrogen (secondary N) is 1. The lowest BCUT2D eigenvalue weighted by Crippen LogP contribution is -2.11. The number of carbonyl (C=O) groups is 2. The highest BCUT2D eigenvalue weighted by atomic mass is 32.1. The molecule has 7 heteroatoms. The summed E-state index contributed by atoms with van der Waals surface area (Å²) in [6, 6.07) is 7.32. The van der Waals surface area contributed by atoms with Gasteiger partial charge in [0.25, 0.3) is 5.91 Å². The van der Waals surface area contributed by atoms with Crippen LogP contribution in [0, 0.1) is 13.8 Å². The van der Waals surface area contributed by atoms with Gasteiger partial charge in [-0.1, -0.05) is 0 Å². The number of hydrogen-bond donors (Lipinski definition) is 1. The number of fused-ring (bicyclic) bond motifs is 1. The van der Waals surface area contributed by atoms with E-state index in [1.54, 1.807) is 6.07 Å². The Morgan fingerprint density at radius 1 is 1.17 bits per heavy atom. The average molecular weight is 346 g/mol. The van der Waals surface area contributed by atoms with Crippen molar-refractivity contribution in [2.75, 3.05) is 12.4 Å². The number of thiazole rings is 1. The minimum Gasteiger partial charge on any atom is -0.465 e. The molecule has 0 aliphatic carbocycles. The van der Waals surface area contributed by atoms with Crippen molar-refractivity contribution in [3.05, 3.63) is 44.7 Å². The highest BCUT2D eigenvalue weighted by Crippen LogP contribution is 2.29. The van der Waals surface area contributed by atoms with Crippen molar-refractivity contribution in [3.63, 3.8) is 0 Å². The van der Waals surface area contributed by atoms with E-state index in [0.717, 1.165) is 20.8 Å². The number of amides is 1. The third-order valence-electron chi connectivity index (χ3n) is 3.27. The van der Waals surface area contributed by atoms with Crippen LogP contribution in [0.25, 0.3) is 10.1 Å². The molecule has 0 fully saturated rings. The maximum atomic E-state index is 12.3. The summed E-state index contributed by atoms with van der Waals surface area (Å²) in [5, 5.41) is 4.64. The lowest BCUT2D eigenvalue weighted by Gasteiger charge is -2.04. The minimum absolute atomic E-state index is 0.170. The van der Waals surface area contributed by atoms with Gasteiger partial charge < -0.3 is 10.1 Å². The second kappa shape index (κ2) is 6.10. The minimum atomic E-state index is -0.354. The molecule has 1 aromatic carbocycles. The fourth-order valence-electron chi connectivity index (χ4n) is 2.25. The number of hydrogen-bond acceptors (Lipinski definition) is 6. The molecule has 23 heavy (non-hydrogen) atoms. The number of methoxy groups -OCH3 is 1. The predicted octanol–water partition coefficient (Wildman–Crippen LogP) is 4.01. The molecule has 0 aliphatic rings. The summed E-state index contributed by atoms with van der Waals surface area (Å²) in [4.78, 5) is 29.3. The first-order chi connectivity index (χ1) is 11.0. The SMILES string of the molecule is COC(=O)c1cc2cc(NC(=O)c3sc(C)nc3C)ccc2s1. The molecule has 3 rings (SSSR count). The summed E-state index contributed by atoms with van der Waals surface area (Å²) >= 11 is 2.74. The number of ether oxygens (including phenoxy) is 1. The molecule has 0 atom stereocenters. The zero-order valence-corrected chi connectivity index (χ0v) is 14.4. The van der Waals surface area contributed by atoms with Crippen LogP contribution in [-0.4, -0.2) is 24.0 Å². The summed E-state index contributed by atoms with van der Waals surface area (Å²) < 4.78 is 5.70. The Labute approximate surface area is 140 Å². The quantitative estimate of drug-likeness (QED) is 0.728. The third-order valence-corrected chi connectivity index (χ3v) is 5.44. The smallest absolute Gasteiger partial charge is 0.348 e. The largest absolute Gasteiger partial charge is 0.465 e. The number of esters is 1. The Bertz CT molecular complexity index is 911. The van der Waals surface area contributed by atoms with Gasteiger partial charge in [0.2, 0.25) is 0 Å². The topological polar surface area (TPSA) is 68.3 Å². The Hall–Kier alpha value is -2.25. The van der Waals surface area contributed by atoms with Gasteiger partial charge >= 0.3 is 5.97 Å². The first-order valence-corrected chi connectivity index (χ1v) is 8.48. The molecule has 0 spiro atoms. The van der Waals surface area contributed by atoms with Crippen LogP contribution in [0.5, 0.6) is 0 Å². The number of rotatable bonds is 3. The van der Waals surface area contributed by atoms with Crippen molar-refractivity contribution >= 4 is 50.3 Å². The van der Waals surface area contributed by atoms with Gasteiger partial charge in [0.15, 0.2) is 0 Å². The second-order valence-corrected chi connectivity index (χ2v) is 7.24. The van der Waals surface area contributed by atoms with Gasteiger partial charge in [-0.2, -0.15) is 0 Å². The van der Waals surface area contributed by atoms with Crippen LogP contribution in [0.15, 0.2) is 24.3 Å². The predicted molar refractivity (Wildman–Crippen MR) is 92.7 cm³/mol. The summed E-state index contributed by atoms with van der Waals surface area (Å²) in [5.74, 6) is -0.525. The van der Waals surface area contributed by atoms with Gasteiger partial charge in [0, 0.05) is 10.4 Å². The van der Waals surface area contributed by atoms with Crippen molar-refractivity contribution in [2.45, 2.75) is 13.8 Å². The van der Waals surface area contributed by atoms with Crippen molar-refractivity contribution < 1.29 is 14.3 Å². The van der Waals surface area contributed by atoms with Crippen molar-refractivity contribution in [1.29, 1.82) is 0 Å². The number of thiophene rings is 1. The van der Waals surface area contributed by atoms with Gasteiger partial charge in [-0.15, -0.1) is 22.7 Å². The number of anilines is 1. The van der Waals surface area contributed by atoms with Gasteiger partial charge in [-0.05, 0) is 43.5 Å². The highest BCUT2D eigenvalue weighted by molar-refractivity contribution is 7.20. The van der Waals surface area contributed by atoms with Crippen LogP contribution in [0.1, 0.15) is 30.0 Å². The van der Waals surface area contributed by atoms with E-state index in [0.29, 0.717) is 15.4 Å². The van der Waals surface area contributed by atoms with Crippen molar-refractivity contribution in [3.8, 4) is 0 Å². The normalized spacial score (nSPS) is 10.7. The van der Waals surface area contributed by atoms with Crippen molar-refractivity contribution in [1.82, 2.24) is 4.98 Å². The first-order valence-electron chi connectivity index (χ1n) is 6.85.